The van der Waals surface area contributed by atoms with Gasteiger partial charge in [0.05, 0.1) is 6.10 Å². The van der Waals surface area contributed by atoms with Gasteiger partial charge >= 0.3 is 0 Å². The molecule has 0 spiro atoms. The molecule has 1 unspecified atom stereocenters. The van der Waals surface area contributed by atoms with Crippen LogP contribution in [0.1, 0.15) is 38.7 Å². The molecule has 1 atom stereocenters. The van der Waals surface area contributed by atoms with Crippen molar-refractivity contribution in [3.8, 4) is 0 Å². The Labute approximate surface area is 127 Å². The van der Waals surface area contributed by atoms with Gasteiger partial charge in [-0.05, 0) is 49.4 Å². The predicted octanol–water partition coefficient (Wildman–Crippen LogP) is 4.09. The third kappa shape index (κ3) is 5.86. The molecule has 2 nitrogen and oxygen atoms in total. The summed E-state index contributed by atoms with van der Waals surface area (Å²) in [5.41, 5.74) is 1.38. The van der Waals surface area contributed by atoms with Gasteiger partial charge in [-0.2, -0.15) is 0 Å². The van der Waals surface area contributed by atoms with Gasteiger partial charge in [-0.25, -0.2) is 0 Å². The Hall–Kier alpha value is -0.510. The molecule has 2 rings (SSSR count). The molecule has 0 bridgehead atoms. The second kappa shape index (κ2) is 8.71. The molecule has 1 saturated heterocycles. The summed E-state index contributed by atoms with van der Waals surface area (Å²) in [6, 6.07) is 8.88. The van der Waals surface area contributed by atoms with E-state index in [4.69, 9.17) is 4.74 Å². The largest absolute Gasteiger partial charge is 0.377 e. The minimum atomic E-state index is 0.455. The minimum Gasteiger partial charge on any atom is -0.377 e. The van der Waals surface area contributed by atoms with Crippen molar-refractivity contribution < 1.29 is 4.74 Å². The Morgan fingerprint density at radius 1 is 1.35 bits per heavy atom. The zero-order valence-corrected chi connectivity index (χ0v) is 13.5. The highest BCUT2D eigenvalue weighted by molar-refractivity contribution is 7.99. The zero-order chi connectivity index (χ0) is 14.2. The van der Waals surface area contributed by atoms with Crippen LogP contribution in [0, 0.1) is 5.92 Å². The van der Waals surface area contributed by atoms with Crippen LogP contribution in [0.15, 0.2) is 29.2 Å². The van der Waals surface area contributed by atoms with Crippen molar-refractivity contribution in [1.82, 2.24) is 5.32 Å². The summed E-state index contributed by atoms with van der Waals surface area (Å²) in [5, 5.41) is 3.50. The van der Waals surface area contributed by atoms with Crippen LogP contribution in [-0.2, 0) is 11.3 Å². The lowest BCUT2D eigenvalue weighted by Gasteiger charge is -2.22. The number of nitrogens with one attached hydrogen (secondary N) is 1. The first-order chi connectivity index (χ1) is 9.74. The molecule has 1 aliphatic rings. The second-order valence-electron chi connectivity index (χ2n) is 5.97. The summed E-state index contributed by atoms with van der Waals surface area (Å²) in [6.45, 7) is 7.47. The summed E-state index contributed by atoms with van der Waals surface area (Å²) in [6.07, 6.45) is 4.24. The smallest absolute Gasteiger partial charge is 0.0669 e. The van der Waals surface area contributed by atoms with Crippen molar-refractivity contribution in [1.29, 1.82) is 0 Å². The van der Waals surface area contributed by atoms with Crippen molar-refractivity contribution in [3.63, 3.8) is 0 Å². The molecule has 1 N–H and O–H groups in total. The average Bonchev–Trinajstić information content (AvgIpc) is 2.46. The predicted molar refractivity (Wildman–Crippen MR) is 87.3 cm³/mol. The van der Waals surface area contributed by atoms with Crippen LogP contribution in [-0.4, -0.2) is 25.0 Å². The molecule has 3 heteroatoms. The quantitative estimate of drug-likeness (QED) is 0.765. The number of rotatable bonds is 7. The first kappa shape index (κ1) is 15.9. The highest BCUT2D eigenvalue weighted by Gasteiger charge is 2.13. The van der Waals surface area contributed by atoms with E-state index in [2.05, 4.69) is 43.4 Å². The van der Waals surface area contributed by atoms with E-state index in [0.29, 0.717) is 12.0 Å². The van der Waals surface area contributed by atoms with Gasteiger partial charge in [0.25, 0.3) is 0 Å². The molecule has 0 aliphatic carbocycles. The summed E-state index contributed by atoms with van der Waals surface area (Å²) in [4.78, 5) is 1.36. The van der Waals surface area contributed by atoms with Crippen LogP contribution in [0.4, 0.5) is 0 Å². The fourth-order valence-electron chi connectivity index (χ4n) is 2.38. The van der Waals surface area contributed by atoms with Gasteiger partial charge in [-0.1, -0.05) is 26.0 Å². The lowest BCUT2D eigenvalue weighted by Crippen LogP contribution is -2.21. The summed E-state index contributed by atoms with van der Waals surface area (Å²) < 4.78 is 5.79. The molecule has 1 aromatic rings. The summed E-state index contributed by atoms with van der Waals surface area (Å²) in [7, 11) is 0. The van der Waals surface area contributed by atoms with Crippen molar-refractivity contribution in [3.05, 3.63) is 29.8 Å². The molecule has 1 aliphatic heterocycles. The Kier molecular flexibility index (Phi) is 6.91. The fourth-order valence-corrected chi connectivity index (χ4v) is 3.43. The molecule has 0 saturated carbocycles. The monoisotopic (exact) mass is 293 g/mol. The summed E-state index contributed by atoms with van der Waals surface area (Å²) >= 11 is 1.93. The number of ether oxygens (including phenoxy) is 1. The van der Waals surface area contributed by atoms with E-state index < -0.39 is 0 Å². The van der Waals surface area contributed by atoms with Crippen LogP contribution in [0.5, 0.6) is 0 Å². The van der Waals surface area contributed by atoms with Crippen molar-refractivity contribution >= 4 is 11.8 Å². The Balaban J connectivity index is 1.76. The highest BCUT2D eigenvalue weighted by Crippen LogP contribution is 2.24. The molecule has 1 aromatic carbocycles. The van der Waals surface area contributed by atoms with Crippen molar-refractivity contribution in [2.45, 2.75) is 50.7 Å². The molecular weight excluding hydrogens is 266 g/mol. The molecule has 0 radical (unpaired) electrons. The Morgan fingerprint density at radius 2 is 2.25 bits per heavy atom. The van der Waals surface area contributed by atoms with E-state index in [0.717, 1.165) is 25.4 Å². The van der Waals surface area contributed by atoms with Crippen molar-refractivity contribution in [2.24, 2.45) is 5.92 Å². The SMILES string of the molecule is CC(C)CNCc1cccc(SCC2CCCCO2)c1. The van der Waals surface area contributed by atoms with Crippen LogP contribution < -0.4 is 5.32 Å². The van der Waals surface area contributed by atoms with Gasteiger partial charge in [0, 0.05) is 23.8 Å². The Bertz CT molecular complexity index is 388. The number of thioether (sulfide) groups is 1. The molecule has 1 fully saturated rings. The molecular formula is C17H27NOS. The lowest BCUT2D eigenvalue weighted by molar-refractivity contribution is 0.0315. The summed E-state index contributed by atoms with van der Waals surface area (Å²) in [5.74, 6) is 1.79. The van der Waals surface area contributed by atoms with E-state index in [9.17, 15) is 0 Å². The van der Waals surface area contributed by atoms with E-state index in [1.807, 2.05) is 11.8 Å². The van der Waals surface area contributed by atoms with Crippen LogP contribution in [0.25, 0.3) is 0 Å². The topological polar surface area (TPSA) is 21.3 Å². The lowest BCUT2D eigenvalue weighted by atomic mass is 10.1. The van der Waals surface area contributed by atoms with Gasteiger partial charge < -0.3 is 10.1 Å². The maximum Gasteiger partial charge on any atom is 0.0669 e. The molecule has 0 aromatic heterocycles. The second-order valence-corrected chi connectivity index (χ2v) is 7.07. The van der Waals surface area contributed by atoms with E-state index in [1.165, 1.54) is 29.7 Å². The first-order valence-electron chi connectivity index (χ1n) is 7.78. The first-order valence-corrected chi connectivity index (χ1v) is 8.76. The molecule has 112 valence electrons. The third-order valence-corrected chi connectivity index (χ3v) is 4.62. The number of benzene rings is 1. The number of hydrogen-bond acceptors (Lipinski definition) is 3. The fraction of sp³-hybridized carbons (Fsp3) is 0.647. The average molecular weight is 293 g/mol. The van der Waals surface area contributed by atoms with Crippen LogP contribution in [0.3, 0.4) is 0 Å². The van der Waals surface area contributed by atoms with E-state index in [-0.39, 0.29) is 0 Å². The van der Waals surface area contributed by atoms with E-state index in [1.54, 1.807) is 0 Å². The van der Waals surface area contributed by atoms with Crippen LogP contribution >= 0.6 is 11.8 Å². The molecule has 20 heavy (non-hydrogen) atoms. The standard InChI is InChI=1S/C17H27NOS/c1-14(2)11-18-12-15-6-5-8-17(10-15)20-13-16-7-3-4-9-19-16/h5-6,8,10,14,16,18H,3-4,7,9,11-13H2,1-2H3. The zero-order valence-electron chi connectivity index (χ0n) is 12.7. The van der Waals surface area contributed by atoms with E-state index >= 15 is 0 Å². The maximum absolute atomic E-state index is 5.79. The highest BCUT2D eigenvalue weighted by atomic mass is 32.2. The Morgan fingerprint density at radius 3 is 3.00 bits per heavy atom. The van der Waals surface area contributed by atoms with Crippen LogP contribution in [0.2, 0.25) is 0 Å². The van der Waals surface area contributed by atoms with Gasteiger partial charge in [-0.3, -0.25) is 0 Å². The molecule has 0 amide bonds. The normalized spacial score (nSPS) is 19.4. The van der Waals surface area contributed by atoms with Gasteiger partial charge in [-0.15, -0.1) is 11.8 Å². The molecule has 1 heterocycles. The van der Waals surface area contributed by atoms with Gasteiger partial charge in [0.15, 0.2) is 0 Å². The van der Waals surface area contributed by atoms with Gasteiger partial charge in [0.1, 0.15) is 0 Å². The number of hydrogen-bond donors (Lipinski definition) is 1. The van der Waals surface area contributed by atoms with Gasteiger partial charge in [0.2, 0.25) is 0 Å². The third-order valence-electron chi connectivity index (χ3n) is 3.49. The minimum absolute atomic E-state index is 0.455. The maximum atomic E-state index is 5.79. The van der Waals surface area contributed by atoms with Crippen molar-refractivity contribution in [2.75, 3.05) is 18.9 Å².